The van der Waals surface area contributed by atoms with Gasteiger partial charge in [0, 0.05) is 11.0 Å². The molecule has 0 aromatic rings. The van der Waals surface area contributed by atoms with Crippen LogP contribution in [-0.4, -0.2) is 23.6 Å². The first-order valence-corrected chi connectivity index (χ1v) is 9.04. The average Bonchev–Trinajstić information content (AvgIpc) is 2.38. The van der Waals surface area contributed by atoms with Gasteiger partial charge in [0.25, 0.3) is 0 Å². The Labute approximate surface area is 128 Å². The summed E-state index contributed by atoms with van der Waals surface area (Å²) in [5.74, 6) is 2.31. The Bertz CT molecular complexity index is 323. The number of carbonyl (C=O) groups is 1. The Balaban J connectivity index is 2.31. The summed E-state index contributed by atoms with van der Waals surface area (Å²) in [4.78, 5) is 11.6. The highest BCUT2D eigenvalue weighted by atomic mass is 32.2. The molecule has 0 heterocycles. The van der Waals surface area contributed by atoms with E-state index in [9.17, 15) is 4.79 Å². The van der Waals surface area contributed by atoms with Crippen molar-refractivity contribution >= 4 is 17.7 Å². The standard InChI is InChI=1S/C17H30O2S/c1-5-6-10-19-17(18)9-11-20-16-12-14(4)7-8-15(16)13(2)3/h12-13,15-16H,5-11H2,1-4H3. The van der Waals surface area contributed by atoms with E-state index in [1.807, 2.05) is 11.8 Å². The fraction of sp³-hybridized carbons (Fsp3) is 0.824. The Morgan fingerprint density at radius 1 is 1.50 bits per heavy atom. The summed E-state index contributed by atoms with van der Waals surface area (Å²) in [5, 5.41) is 0.576. The second kappa shape index (κ2) is 9.49. The molecule has 0 aromatic carbocycles. The van der Waals surface area contributed by atoms with Gasteiger partial charge in [-0.1, -0.05) is 38.8 Å². The van der Waals surface area contributed by atoms with Gasteiger partial charge >= 0.3 is 5.97 Å². The van der Waals surface area contributed by atoms with E-state index in [2.05, 4.69) is 33.8 Å². The third-order valence-electron chi connectivity index (χ3n) is 3.98. The predicted octanol–water partition coefficient (Wildman–Crippen LogP) is 4.83. The lowest BCUT2D eigenvalue weighted by Crippen LogP contribution is -2.25. The Morgan fingerprint density at radius 3 is 2.90 bits per heavy atom. The minimum absolute atomic E-state index is 0.0384. The zero-order valence-corrected chi connectivity index (χ0v) is 14.3. The molecule has 0 saturated carbocycles. The zero-order valence-electron chi connectivity index (χ0n) is 13.5. The second-order valence-electron chi connectivity index (χ2n) is 6.12. The van der Waals surface area contributed by atoms with Gasteiger partial charge in [-0.25, -0.2) is 0 Å². The van der Waals surface area contributed by atoms with Crippen LogP contribution in [0.15, 0.2) is 11.6 Å². The topological polar surface area (TPSA) is 26.3 Å². The fourth-order valence-corrected chi connectivity index (χ4v) is 4.19. The third-order valence-corrected chi connectivity index (χ3v) is 5.29. The summed E-state index contributed by atoms with van der Waals surface area (Å²) in [5.41, 5.74) is 1.50. The number of unbranched alkanes of at least 4 members (excludes halogenated alkanes) is 1. The van der Waals surface area contributed by atoms with Crippen LogP contribution in [0.1, 0.15) is 59.8 Å². The normalized spacial score (nSPS) is 22.8. The number of allylic oxidation sites excluding steroid dienone is 1. The number of carbonyl (C=O) groups excluding carboxylic acids is 1. The lowest BCUT2D eigenvalue weighted by molar-refractivity contribution is -0.143. The van der Waals surface area contributed by atoms with Crippen LogP contribution in [0.5, 0.6) is 0 Å². The maximum Gasteiger partial charge on any atom is 0.306 e. The maximum atomic E-state index is 11.6. The van der Waals surface area contributed by atoms with Crippen molar-refractivity contribution in [2.45, 2.75) is 65.0 Å². The molecule has 0 radical (unpaired) electrons. The molecule has 0 saturated heterocycles. The summed E-state index contributed by atoms with van der Waals surface area (Å²) >= 11 is 1.93. The van der Waals surface area contributed by atoms with Crippen molar-refractivity contribution in [1.29, 1.82) is 0 Å². The highest BCUT2D eigenvalue weighted by Crippen LogP contribution is 2.36. The molecule has 3 heteroatoms. The number of esters is 1. The van der Waals surface area contributed by atoms with Crippen molar-refractivity contribution in [2.24, 2.45) is 11.8 Å². The highest BCUT2D eigenvalue weighted by Gasteiger charge is 2.26. The van der Waals surface area contributed by atoms with Gasteiger partial charge in [-0.05, 0) is 38.0 Å². The molecule has 2 unspecified atom stereocenters. The Morgan fingerprint density at radius 2 is 2.25 bits per heavy atom. The zero-order chi connectivity index (χ0) is 15.0. The molecule has 0 fully saturated rings. The first-order valence-electron chi connectivity index (χ1n) is 7.99. The van der Waals surface area contributed by atoms with Crippen molar-refractivity contribution in [3.05, 3.63) is 11.6 Å². The van der Waals surface area contributed by atoms with E-state index in [4.69, 9.17) is 4.74 Å². The molecular weight excluding hydrogens is 268 g/mol. The SMILES string of the molecule is CCCCOC(=O)CCSC1C=C(C)CCC1C(C)C. The van der Waals surface area contributed by atoms with Crippen molar-refractivity contribution in [2.75, 3.05) is 12.4 Å². The van der Waals surface area contributed by atoms with E-state index in [1.165, 1.54) is 18.4 Å². The lowest BCUT2D eigenvalue weighted by atomic mass is 9.82. The molecule has 0 amide bonds. The molecule has 0 spiro atoms. The molecule has 0 aromatic heterocycles. The first kappa shape index (κ1) is 17.6. The van der Waals surface area contributed by atoms with E-state index in [0.29, 0.717) is 24.2 Å². The number of thioether (sulfide) groups is 1. The molecule has 1 aliphatic carbocycles. The molecule has 2 nitrogen and oxygen atoms in total. The van der Waals surface area contributed by atoms with Gasteiger partial charge < -0.3 is 4.74 Å². The molecular formula is C17H30O2S. The van der Waals surface area contributed by atoms with Crippen LogP contribution in [0, 0.1) is 11.8 Å². The summed E-state index contributed by atoms with van der Waals surface area (Å²) in [7, 11) is 0. The number of ether oxygens (including phenoxy) is 1. The van der Waals surface area contributed by atoms with E-state index in [-0.39, 0.29) is 5.97 Å². The van der Waals surface area contributed by atoms with Gasteiger partial charge in [-0.3, -0.25) is 4.79 Å². The molecule has 0 aliphatic heterocycles. The fourth-order valence-electron chi connectivity index (χ4n) is 2.61. The van der Waals surface area contributed by atoms with Gasteiger partial charge in [0.2, 0.25) is 0 Å². The van der Waals surface area contributed by atoms with Crippen LogP contribution in [0.4, 0.5) is 0 Å². The van der Waals surface area contributed by atoms with Crippen LogP contribution in [0.2, 0.25) is 0 Å². The van der Waals surface area contributed by atoms with E-state index in [1.54, 1.807) is 0 Å². The molecule has 1 rings (SSSR count). The predicted molar refractivity (Wildman–Crippen MR) is 88.0 cm³/mol. The maximum absolute atomic E-state index is 11.6. The van der Waals surface area contributed by atoms with Gasteiger partial charge in [-0.15, -0.1) is 0 Å². The van der Waals surface area contributed by atoms with Gasteiger partial charge in [0.1, 0.15) is 0 Å². The van der Waals surface area contributed by atoms with Gasteiger partial charge in [-0.2, -0.15) is 11.8 Å². The Kier molecular flexibility index (Phi) is 8.35. The molecule has 0 N–H and O–H groups in total. The summed E-state index contributed by atoms with van der Waals surface area (Å²) in [6.45, 7) is 9.53. The van der Waals surface area contributed by atoms with Crippen molar-refractivity contribution in [1.82, 2.24) is 0 Å². The molecule has 20 heavy (non-hydrogen) atoms. The number of rotatable bonds is 8. The van der Waals surface area contributed by atoms with Crippen LogP contribution >= 0.6 is 11.8 Å². The highest BCUT2D eigenvalue weighted by molar-refractivity contribution is 8.00. The van der Waals surface area contributed by atoms with Crippen LogP contribution < -0.4 is 0 Å². The number of hydrogen-bond donors (Lipinski definition) is 0. The second-order valence-corrected chi connectivity index (χ2v) is 7.40. The minimum atomic E-state index is -0.0384. The minimum Gasteiger partial charge on any atom is -0.466 e. The largest absolute Gasteiger partial charge is 0.466 e. The molecule has 116 valence electrons. The number of hydrogen-bond acceptors (Lipinski definition) is 3. The van der Waals surface area contributed by atoms with E-state index >= 15 is 0 Å². The lowest BCUT2D eigenvalue weighted by Gasteiger charge is -2.32. The van der Waals surface area contributed by atoms with Crippen LogP contribution in [0.25, 0.3) is 0 Å². The van der Waals surface area contributed by atoms with E-state index in [0.717, 1.165) is 24.5 Å². The van der Waals surface area contributed by atoms with Crippen molar-refractivity contribution in [3.8, 4) is 0 Å². The summed E-state index contributed by atoms with van der Waals surface area (Å²) in [6, 6.07) is 0. The molecule has 0 bridgehead atoms. The quantitative estimate of drug-likeness (QED) is 0.364. The van der Waals surface area contributed by atoms with Gasteiger partial charge in [0.15, 0.2) is 0 Å². The molecule has 2 atom stereocenters. The van der Waals surface area contributed by atoms with E-state index < -0.39 is 0 Å². The summed E-state index contributed by atoms with van der Waals surface area (Å²) in [6.07, 6.45) is 7.53. The monoisotopic (exact) mass is 298 g/mol. The average molecular weight is 298 g/mol. The van der Waals surface area contributed by atoms with Gasteiger partial charge in [0.05, 0.1) is 13.0 Å². The van der Waals surface area contributed by atoms with Crippen LogP contribution in [-0.2, 0) is 9.53 Å². The summed E-state index contributed by atoms with van der Waals surface area (Å²) < 4.78 is 5.20. The smallest absolute Gasteiger partial charge is 0.306 e. The Hall–Kier alpha value is -0.440. The molecule has 1 aliphatic rings. The third kappa shape index (κ3) is 6.34. The first-order chi connectivity index (χ1) is 9.54. The van der Waals surface area contributed by atoms with Crippen molar-refractivity contribution in [3.63, 3.8) is 0 Å². The van der Waals surface area contributed by atoms with Crippen molar-refractivity contribution < 1.29 is 9.53 Å². The van der Waals surface area contributed by atoms with Crippen LogP contribution in [0.3, 0.4) is 0 Å².